The number of para-hydroxylation sites is 1. The maximum Gasteiger partial charge on any atom is 0.246 e. The van der Waals surface area contributed by atoms with Crippen molar-refractivity contribution in [2.24, 2.45) is 16.1 Å². The molecule has 16 nitrogen and oxygen atoms in total. The van der Waals surface area contributed by atoms with Crippen LogP contribution in [0.2, 0.25) is 0 Å². The van der Waals surface area contributed by atoms with E-state index in [-0.39, 0.29) is 56.4 Å². The molecule has 3 saturated heterocycles. The molecule has 0 saturated carbocycles. The number of nitrogens with zero attached hydrogens (tertiary/aromatic N) is 7. The highest BCUT2D eigenvalue weighted by Crippen LogP contribution is 2.32. The molecule has 380 valence electrons. The summed E-state index contributed by atoms with van der Waals surface area (Å²) < 4.78 is 36.3. The molecule has 0 aliphatic carbocycles. The highest BCUT2D eigenvalue weighted by Gasteiger charge is 2.44. The number of fused-ring (bicyclic) bond motifs is 1. The van der Waals surface area contributed by atoms with Crippen LogP contribution in [0.3, 0.4) is 0 Å². The van der Waals surface area contributed by atoms with Gasteiger partial charge < -0.3 is 36.0 Å². The van der Waals surface area contributed by atoms with Gasteiger partial charge in [0.15, 0.2) is 0 Å². The number of thiazole rings is 1. The van der Waals surface area contributed by atoms with Gasteiger partial charge in [0.2, 0.25) is 23.6 Å². The first-order valence-corrected chi connectivity index (χ1v) is 25.3. The number of hydrogen-bond donors (Lipinski definition) is 4. The number of nitrogens with two attached hydrogens (primary N) is 1. The number of benzene rings is 3. The number of β-amino-alcohol motifs (C(OH)–C–C–N with tert-alkyl or cyclic N) is 1. The third-order valence-corrected chi connectivity index (χ3v) is 14.5. The third kappa shape index (κ3) is 12.4. The Balaban J connectivity index is 0.822. The standard InChI is InChI=1S/C53H62F2N10O6S/c1-32-49(72-31-60-32)34-10-8-33(9-11-34)26-59-51(69)45-24-38(66)29-65(45)52(70)50(53(2,3)4)62-46(67)12-13-47(68)64-16-14-37(15-17-64)57-27-36(25-56)44-28-58-43-7-5-6-39(48(43)61-44)35-22-41(54)40(42(55)23-35)30-63-18-20-71-21-19-63/h5-11,22-23,25,27-28,31,37-38,45,50,66H,12-21,24,26,29-30,56H2,1-4H3,(H,59,69)(H,62,67). The molecule has 72 heavy (non-hydrogen) atoms. The van der Waals surface area contributed by atoms with Gasteiger partial charge in [-0.15, -0.1) is 11.3 Å². The minimum absolute atomic E-state index is 0.00634. The number of likely N-dealkylation sites (tertiary alicyclic amines) is 2. The van der Waals surface area contributed by atoms with E-state index >= 15 is 8.78 Å². The Morgan fingerprint density at radius 3 is 2.38 bits per heavy atom. The van der Waals surface area contributed by atoms with Crippen LogP contribution >= 0.6 is 11.3 Å². The monoisotopic (exact) mass is 1000 g/mol. The molecule has 3 fully saturated rings. The zero-order valence-electron chi connectivity index (χ0n) is 41.1. The zero-order valence-corrected chi connectivity index (χ0v) is 41.9. The number of hydrogen-bond acceptors (Lipinski definition) is 13. The average molecular weight is 1010 g/mol. The van der Waals surface area contributed by atoms with Crippen LogP contribution in [0.5, 0.6) is 0 Å². The van der Waals surface area contributed by atoms with Gasteiger partial charge in [0.25, 0.3) is 0 Å². The number of aliphatic imine (C=N–C) groups is 1. The van der Waals surface area contributed by atoms with Crippen molar-refractivity contribution in [1.82, 2.24) is 40.3 Å². The molecule has 19 heteroatoms. The van der Waals surface area contributed by atoms with Crippen LogP contribution in [0, 0.1) is 24.0 Å². The number of aromatic nitrogens is 3. The van der Waals surface area contributed by atoms with Crippen LogP contribution in [0.1, 0.15) is 75.4 Å². The fourth-order valence-corrected chi connectivity index (χ4v) is 10.1. The van der Waals surface area contributed by atoms with E-state index in [2.05, 4.69) is 20.6 Å². The highest BCUT2D eigenvalue weighted by molar-refractivity contribution is 7.13. The number of ether oxygens (including phenoxy) is 1. The fraction of sp³-hybridized carbons (Fsp3) is 0.434. The fourth-order valence-electron chi connectivity index (χ4n) is 9.33. The van der Waals surface area contributed by atoms with Crippen LogP contribution in [-0.4, -0.2) is 135 Å². The molecule has 3 aliphatic heterocycles. The number of morpholine rings is 1. The molecular weight excluding hydrogens is 943 g/mol. The summed E-state index contributed by atoms with van der Waals surface area (Å²) in [5.41, 5.74) is 12.7. The Labute approximate surface area is 421 Å². The van der Waals surface area contributed by atoms with Gasteiger partial charge >= 0.3 is 0 Å². The van der Waals surface area contributed by atoms with Gasteiger partial charge in [0.1, 0.15) is 23.7 Å². The van der Waals surface area contributed by atoms with Gasteiger partial charge in [-0.05, 0) is 60.1 Å². The smallest absolute Gasteiger partial charge is 0.246 e. The molecule has 3 aromatic carbocycles. The van der Waals surface area contributed by atoms with Crippen molar-refractivity contribution < 1.29 is 37.8 Å². The van der Waals surface area contributed by atoms with Crippen LogP contribution < -0.4 is 16.4 Å². The molecule has 0 radical (unpaired) electrons. The summed E-state index contributed by atoms with van der Waals surface area (Å²) in [5.74, 6) is -2.84. The number of carbonyl (C=O) groups is 4. The minimum atomic E-state index is -1.02. The summed E-state index contributed by atoms with van der Waals surface area (Å²) >= 11 is 1.56. The third-order valence-electron chi connectivity index (χ3n) is 13.5. The normalized spacial score (nSPS) is 18.7. The van der Waals surface area contributed by atoms with Crippen LogP contribution in [0.4, 0.5) is 8.78 Å². The van der Waals surface area contributed by atoms with Crippen LogP contribution in [0.15, 0.2) is 77.5 Å². The summed E-state index contributed by atoms with van der Waals surface area (Å²) in [6, 6.07) is 13.7. The molecule has 5 N–H and O–H groups in total. The molecule has 5 heterocycles. The van der Waals surface area contributed by atoms with E-state index in [0.29, 0.717) is 85.7 Å². The molecule has 8 rings (SSSR count). The first kappa shape index (κ1) is 51.8. The van der Waals surface area contributed by atoms with E-state index in [1.165, 1.54) is 23.2 Å². The molecular formula is C53H62F2N10O6S. The first-order chi connectivity index (χ1) is 34.6. The summed E-state index contributed by atoms with van der Waals surface area (Å²) in [4.78, 5) is 79.0. The largest absolute Gasteiger partial charge is 0.404 e. The van der Waals surface area contributed by atoms with Crippen molar-refractivity contribution in [3.05, 3.63) is 107 Å². The Hall–Kier alpha value is -6.54. The molecule has 4 amide bonds. The molecule has 3 unspecified atom stereocenters. The van der Waals surface area contributed by atoms with Crippen molar-refractivity contribution in [3.8, 4) is 21.6 Å². The number of piperidine rings is 1. The number of aryl methyl sites for hydroxylation is 1. The van der Waals surface area contributed by atoms with Gasteiger partial charge in [-0.2, -0.15) is 0 Å². The van der Waals surface area contributed by atoms with E-state index in [4.69, 9.17) is 20.4 Å². The lowest BCUT2D eigenvalue weighted by Gasteiger charge is -2.35. The molecule has 5 aromatic rings. The number of amides is 4. The maximum absolute atomic E-state index is 15.5. The Bertz CT molecular complexity index is 2810. The average Bonchev–Trinajstić information content (AvgIpc) is 4.00. The zero-order chi connectivity index (χ0) is 51.1. The van der Waals surface area contributed by atoms with Gasteiger partial charge in [0, 0.05) is 94.2 Å². The minimum Gasteiger partial charge on any atom is -0.404 e. The van der Waals surface area contributed by atoms with Crippen molar-refractivity contribution in [2.75, 3.05) is 45.9 Å². The summed E-state index contributed by atoms with van der Waals surface area (Å²) in [7, 11) is 0. The van der Waals surface area contributed by atoms with Crippen molar-refractivity contribution in [3.63, 3.8) is 0 Å². The van der Waals surface area contributed by atoms with Crippen LogP contribution in [0.25, 0.3) is 38.2 Å². The quantitative estimate of drug-likeness (QED) is 0.0924. The predicted molar refractivity (Wildman–Crippen MR) is 272 cm³/mol. The van der Waals surface area contributed by atoms with E-state index < -0.39 is 53.0 Å². The number of carbonyl (C=O) groups excluding carboxylic acids is 4. The second kappa shape index (κ2) is 22.9. The van der Waals surface area contributed by atoms with E-state index in [1.54, 1.807) is 52.4 Å². The number of aliphatic hydroxyl groups excluding tert-OH is 1. The lowest BCUT2D eigenvalue weighted by atomic mass is 9.85. The van der Waals surface area contributed by atoms with Gasteiger partial charge in [0.05, 0.1) is 64.4 Å². The lowest BCUT2D eigenvalue weighted by Crippen LogP contribution is -2.57. The number of allylic oxidation sites excluding steroid dienone is 1. The SMILES string of the molecule is Cc1ncsc1-c1ccc(CNC(=O)C2CC(O)CN2C(=O)C(NC(=O)CCC(=O)N2CCC(N=CC(=CN)c3cnc4cccc(-c5cc(F)c(CN6CCOCC6)c(F)c5)c4n3)CC2)C(C)(C)C)cc1. The number of rotatable bonds is 15. The van der Waals surface area contributed by atoms with Crippen molar-refractivity contribution in [1.29, 1.82) is 0 Å². The Morgan fingerprint density at radius 1 is 0.986 bits per heavy atom. The summed E-state index contributed by atoms with van der Waals surface area (Å²) in [5, 5.41) is 16.4. The molecule has 0 bridgehead atoms. The maximum atomic E-state index is 15.5. The topological polar surface area (TPSA) is 209 Å². The Morgan fingerprint density at radius 2 is 1.71 bits per heavy atom. The molecule has 3 atom stereocenters. The number of aliphatic hydroxyl groups is 1. The highest BCUT2D eigenvalue weighted by atomic mass is 32.1. The van der Waals surface area contributed by atoms with E-state index in [1.807, 2.05) is 56.9 Å². The number of halogens is 2. The van der Waals surface area contributed by atoms with Gasteiger partial charge in [-0.1, -0.05) is 57.2 Å². The first-order valence-electron chi connectivity index (χ1n) is 24.4. The second-order valence-electron chi connectivity index (χ2n) is 19.7. The van der Waals surface area contributed by atoms with E-state index in [9.17, 15) is 24.3 Å². The van der Waals surface area contributed by atoms with Crippen LogP contribution in [-0.2, 0) is 37.0 Å². The molecule has 2 aromatic heterocycles. The lowest BCUT2D eigenvalue weighted by molar-refractivity contribution is -0.144. The van der Waals surface area contributed by atoms with Gasteiger partial charge in [-0.25, -0.2) is 18.7 Å². The summed E-state index contributed by atoms with van der Waals surface area (Å²) in [6.45, 7) is 10.8. The van der Waals surface area contributed by atoms with Crippen molar-refractivity contribution >= 4 is 57.8 Å². The van der Waals surface area contributed by atoms with Gasteiger partial charge in [-0.3, -0.25) is 34.1 Å². The van der Waals surface area contributed by atoms with Crippen molar-refractivity contribution in [2.45, 2.75) is 97.1 Å². The number of nitrogens with one attached hydrogen (secondary N) is 2. The summed E-state index contributed by atoms with van der Waals surface area (Å²) in [6.07, 6.45) is 4.64. The Kier molecular flexibility index (Phi) is 16.5. The predicted octanol–water partition coefficient (Wildman–Crippen LogP) is 5.79. The van der Waals surface area contributed by atoms with E-state index in [0.717, 1.165) is 21.7 Å². The second-order valence-corrected chi connectivity index (χ2v) is 20.5. The molecule has 0 spiro atoms. The molecule has 3 aliphatic rings.